The number of nitrogens with one attached hydrogen (secondary N) is 1. The fourth-order valence-electron chi connectivity index (χ4n) is 2.81. The number of rotatable bonds is 3. The summed E-state index contributed by atoms with van der Waals surface area (Å²) in [5, 5.41) is 3.67. The van der Waals surface area contributed by atoms with Crippen LogP contribution in [0.2, 0.25) is 0 Å². The van der Waals surface area contributed by atoms with Crippen LogP contribution in [0.5, 0.6) is 0 Å². The van der Waals surface area contributed by atoms with E-state index in [0.29, 0.717) is 6.04 Å². The molecular weight excluding hydrogens is 236 g/mol. The van der Waals surface area contributed by atoms with E-state index in [-0.39, 0.29) is 0 Å². The summed E-state index contributed by atoms with van der Waals surface area (Å²) in [7, 11) is 4.15. The summed E-state index contributed by atoms with van der Waals surface area (Å²) in [4.78, 5) is 2.14. The number of para-hydroxylation sites is 2. The molecule has 100 valence electrons. The van der Waals surface area contributed by atoms with Crippen LogP contribution < -0.4 is 10.2 Å². The monoisotopic (exact) mass is 256 g/mol. The van der Waals surface area contributed by atoms with Gasteiger partial charge in [0.15, 0.2) is 0 Å². The smallest absolute Gasteiger partial charge is 0.109 e. The number of fused-ring (bicyclic) bond motifs is 1. The van der Waals surface area contributed by atoms with Crippen molar-refractivity contribution in [3.05, 3.63) is 47.9 Å². The predicted octanol–water partition coefficient (Wildman–Crippen LogP) is 3.84. The number of furan rings is 1. The lowest BCUT2D eigenvalue weighted by Crippen LogP contribution is -2.18. The van der Waals surface area contributed by atoms with Gasteiger partial charge in [0.2, 0.25) is 0 Å². The largest absolute Gasteiger partial charge is 0.469 e. The van der Waals surface area contributed by atoms with E-state index in [0.717, 1.165) is 18.6 Å². The summed E-state index contributed by atoms with van der Waals surface area (Å²) >= 11 is 0. The molecule has 1 aromatic carbocycles. The Balaban J connectivity index is 1.88. The van der Waals surface area contributed by atoms with Gasteiger partial charge in [-0.1, -0.05) is 12.1 Å². The summed E-state index contributed by atoms with van der Waals surface area (Å²) in [6.45, 7) is 0. The van der Waals surface area contributed by atoms with Gasteiger partial charge in [-0.05, 0) is 31.0 Å². The molecule has 1 unspecified atom stereocenters. The number of benzene rings is 1. The first-order valence-electron chi connectivity index (χ1n) is 6.85. The van der Waals surface area contributed by atoms with E-state index >= 15 is 0 Å². The van der Waals surface area contributed by atoms with Crippen LogP contribution in [-0.2, 0) is 6.42 Å². The third-order valence-corrected chi connectivity index (χ3v) is 3.77. The standard InChI is InChI=1S/C16H20N2O/c1-18(2)15-8-4-3-6-14(15)17-13-7-5-9-16-12(13)10-11-19-16/h3-4,6,8,10-11,13,17H,5,7,9H2,1-2H3. The molecule has 0 saturated heterocycles. The normalized spacial score (nSPS) is 17.9. The second-order valence-electron chi connectivity index (χ2n) is 5.30. The van der Waals surface area contributed by atoms with Gasteiger partial charge in [-0.2, -0.15) is 0 Å². The maximum absolute atomic E-state index is 5.55. The van der Waals surface area contributed by atoms with Crippen molar-refractivity contribution >= 4 is 11.4 Å². The lowest BCUT2D eigenvalue weighted by atomic mass is 9.93. The zero-order valence-corrected chi connectivity index (χ0v) is 11.5. The molecule has 0 bridgehead atoms. The highest BCUT2D eigenvalue weighted by atomic mass is 16.3. The van der Waals surface area contributed by atoms with Gasteiger partial charge in [0.05, 0.1) is 23.7 Å². The van der Waals surface area contributed by atoms with Gasteiger partial charge in [-0.25, -0.2) is 0 Å². The summed E-state index contributed by atoms with van der Waals surface area (Å²) in [5.74, 6) is 1.14. The van der Waals surface area contributed by atoms with E-state index in [1.54, 1.807) is 0 Å². The molecule has 3 heteroatoms. The van der Waals surface area contributed by atoms with Crippen molar-refractivity contribution in [3.63, 3.8) is 0 Å². The second kappa shape index (κ2) is 5.00. The third kappa shape index (κ3) is 2.33. The Morgan fingerprint density at radius 2 is 2.05 bits per heavy atom. The molecule has 0 radical (unpaired) electrons. The summed E-state index contributed by atoms with van der Waals surface area (Å²) in [5.41, 5.74) is 3.73. The molecule has 2 aromatic rings. The molecule has 3 nitrogen and oxygen atoms in total. The van der Waals surface area contributed by atoms with Crippen molar-refractivity contribution in [2.45, 2.75) is 25.3 Å². The van der Waals surface area contributed by atoms with Crippen LogP contribution in [-0.4, -0.2) is 14.1 Å². The molecule has 1 N–H and O–H groups in total. The SMILES string of the molecule is CN(C)c1ccccc1NC1CCCc2occc21. The molecule has 0 saturated carbocycles. The van der Waals surface area contributed by atoms with Crippen LogP contribution in [0, 0.1) is 0 Å². The molecule has 1 aliphatic rings. The Hall–Kier alpha value is -1.90. The fraction of sp³-hybridized carbons (Fsp3) is 0.375. The third-order valence-electron chi connectivity index (χ3n) is 3.77. The summed E-state index contributed by atoms with van der Waals surface area (Å²) in [6, 6.07) is 10.9. The van der Waals surface area contributed by atoms with Crippen molar-refractivity contribution in [1.82, 2.24) is 0 Å². The molecule has 1 heterocycles. The molecule has 1 atom stereocenters. The minimum Gasteiger partial charge on any atom is -0.469 e. The molecular formula is C16H20N2O. The van der Waals surface area contributed by atoms with Crippen molar-refractivity contribution in [1.29, 1.82) is 0 Å². The Kier molecular flexibility index (Phi) is 3.20. The van der Waals surface area contributed by atoms with Gasteiger partial charge in [-0.15, -0.1) is 0 Å². The maximum atomic E-state index is 5.55. The number of nitrogens with zero attached hydrogens (tertiary/aromatic N) is 1. The first kappa shape index (κ1) is 12.2. The average molecular weight is 256 g/mol. The minimum atomic E-state index is 0.364. The Labute approximate surface area is 114 Å². The van der Waals surface area contributed by atoms with Crippen LogP contribution in [0.25, 0.3) is 0 Å². The second-order valence-corrected chi connectivity index (χ2v) is 5.30. The molecule has 1 aromatic heterocycles. The van der Waals surface area contributed by atoms with Gasteiger partial charge >= 0.3 is 0 Å². The molecule has 19 heavy (non-hydrogen) atoms. The van der Waals surface area contributed by atoms with Crippen LogP contribution in [0.4, 0.5) is 11.4 Å². The van der Waals surface area contributed by atoms with E-state index in [1.807, 2.05) is 6.26 Å². The molecule has 1 aliphatic carbocycles. The molecule has 0 spiro atoms. The van der Waals surface area contributed by atoms with Crippen molar-refractivity contribution in [2.75, 3.05) is 24.3 Å². The van der Waals surface area contributed by atoms with E-state index in [9.17, 15) is 0 Å². The van der Waals surface area contributed by atoms with Crippen LogP contribution >= 0.6 is 0 Å². The summed E-state index contributed by atoms with van der Waals surface area (Å²) < 4.78 is 5.55. The highest BCUT2D eigenvalue weighted by molar-refractivity contribution is 5.70. The summed E-state index contributed by atoms with van der Waals surface area (Å²) in [6.07, 6.45) is 5.22. The van der Waals surface area contributed by atoms with Crippen LogP contribution in [0.3, 0.4) is 0 Å². The maximum Gasteiger partial charge on any atom is 0.109 e. The van der Waals surface area contributed by atoms with Gasteiger partial charge in [0, 0.05) is 26.1 Å². The lowest BCUT2D eigenvalue weighted by molar-refractivity contribution is 0.461. The van der Waals surface area contributed by atoms with Gasteiger partial charge < -0.3 is 14.6 Å². The van der Waals surface area contributed by atoms with Crippen molar-refractivity contribution < 1.29 is 4.42 Å². The fourth-order valence-corrected chi connectivity index (χ4v) is 2.81. The lowest BCUT2D eigenvalue weighted by Gasteiger charge is -2.26. The highest BCUT2D eigenvalue weighted by Crippen LogP contribution is 2.35. The number of anilines is 2. The van der Waals surface area contributed by atoms with Gasteiger partial charge in [0.25, 0.3) is 0 Å². The zero-order chi connectivity index (χ0) is 13.2. The zero-order valence-electron chi connectivity index (χ0n) is 11.5. The number of aryl methyl sites for hydroxylation is 1. The number of hydrogen-bond acceptors (Lipinski definition) is 3. The highest BCUT2D eigenvalue weighted by Gasteiger charge is 2.23. The van der Waals surface area contributed by atoms with E-state index in [4.69, 9.17) is 4.42 Å². The van der Waals surface area contributed by atoms with Gasteiger partial charge in [0.1, 0.15) is 5.76 Å². The molecule has 0 fully saturated rings. The molecule has 0 aliphatic heterocycles. The van der Waals surface area contributed by atoms with E-state index < -0.39 is 0 Å². The van der Waals surface area contributed by atoms with E-state index in [2.05, 4.69) is 54.6 Å². The Morgan fingerprint density at radius 3 is 2.89 bits per heavy atom. The quantitative estimate of drug-likeness (QED) is 0.904. The topological polar surface area (TPSA) is 28.4 Å². The molecule has 0 amide bonds. The predicted molar refractivity (Wildman–Crippen MR) is 78.8 cm³/mol. The van der Waals surface area contributed by atoms with Crippen molar-refractivity contribution in [2.24, 2.45) is 0 Å². The Bertz CT molecular complexity index is 559. The minimum absolute atomic E-state index is 0.364. The van der Waals surface area contributed by atoms with E-state index in [1.165, 1.54) is 23.4 Å². The van der Waals surface area contributed by atoms with Crippen LogP contribution in [0.15, 0.2) is 41.0 Å². The number of hydrogen-bond donors (Lipinski definition) is 1. The van der Waals surface area contributed by atoms with Gasteiger partial charge in [-0.3, -0.25) is 0 Å². The molecule has 3 rings (SSSR count). The van der Waals surface area contributed by atoms with Crippen LogP contribution in [0.1, 0.15) is 30.2 Å². The first-order chi connectivity index (χ1) is 9.25. The Morgan fingerprint density at radius 1 is 1.21 bits per heavy atom. The average Bonchev–Trinajstić information content (AvgIpc) is 2.88. The first-order valence-corrected chi connectivity index (χ1v) is 6.85. The van der Waals surface area contributed by atoms with Crippen molar-refractivity contribution in [3.8, 4) is 0 Å².